The number of carbonyl (C=O) groups excluding carboxylic acids is 1. The van der Waals surface area contributed by atoms with Crippen LogP contribution in [-0.4, -0.2) is 5.78 Å². The molecule has 4 nitrogen and oxygen atoms in total. The van der Waals surface area contributed by atoms with Crippen LogP contribution in [0, 0.1) is 5.92 Å². The first kappa shape index (κ1) is 8.47. The molecule has 0 radical (unpaired) electrons. The van der Waals surface area contributed by atoms with Crippen LogP contribution < -0.4 is 5.63 Å². The highest BCUT2D eigenvalue weighted by Gasteiger charge is 2.35. The first-order valence-corrected chi connectivity index (χ1v) is 4.80. The van der Waals surface area contributed by atoms with Crippen molar-refractivity contribution in [3.05, 3.63) is 34.6 Å². The second-order valence-corrected chi connectivity index (χ2v) is 3.74. The van der Waals surface area contributed by atoms with E-state index in [0.29, 0.717) is 11.3 Å². The summed E-state index contributed by atoms with van der Waals surface area (Å²) < 4.78 is 9.80. The van der Waals surface area contributed by atoms with Gasteiger partial charge in [-0.15, -0.1) is 0 Å². The summed E-state index contributed by atoms with van der Waals surface area (Å²) in [4.78, 5) is 23.3. The number of rotatable bonds is 2. The maximum atomic E-state index is 11.8. The van der Waals surface area contributed by atoms with Gasteiger partial charge in [-0.1, -0.05) is 0 Å². The van der Waals surface area contributed by atoms with Gasteiger partial charge in [-0.25, -0.2) is 4.79 Å². The molecule has 4 heteroatoms. The zero-order chi connectivity index (χ0) is 10.4. The minimum absolute atomic E-state index is 0.0237. The molecular weight excluding hydrogens is 196 g/mol. The monoisotopic (exact) mass is 204 g/mol. The second-order valence-electron chi connectivity index (χ2n) is 3.74. The molecule has 1 saturated carbocycles. The topological polar surface area (TPSA) is 60.4 Å². The highest BCUT2D eigenvalue weighted by atomic mass is 16.4. The lowest BCUT2D eigenvalue weighted by molar-refractivity contribution is 0.0966. The molecule has 2 aliphatic heterocycles. The van der Waals surface area contributed by atoms with Gasteiger partial charge < -0.3 is 8.83 Å². The average Bonchev–Trinajstić information content (AvgIpc) is 3.00. The molecule has 0 bridgehead atoms. The number of ketones is 1. The van der Waals surface area contributed by atoms with E-state index in [1.165, 1.54) is 12.5 Å². The predicted octanol–water partition coefficient (Wildman–Crippen LogP) is 1.93. The normalized spacial score (nSPS) is 15.7. The Morgan fingerprint density at radius 3 is 2.93 bits per heavy atom. The Morgan fingerprint density at radius 1 is 1.40 bits per heavy atom. The van der Waals surface area contributed by atoms with E-state index >= 15 is 0 Å². The van der Waals surface area contributed by atoms with Gasteiger partial charge in [0.05, 0.1) is 6.26 Å². The fraction of sp³-hybridized carbons (Fsp3) is 0.273. The minimum Gasteiger partial charge on any atom is -0.469 e. The Balaban J connectivity index is 2.22. The molecule has 0 aromatic rings. The summed E-state index contributed by atoms with van der Waals surface area (Å²) in [7, 11) is 0. The van der Waals surface area contributed by atoms with Gasteiger partial charge in [0.25, 0.3) is 0 Å². The molecule has 0 amide bonds. The molecule has 2 heterocycles. The van der Waals surface area contributed by atoms with Crippen LogP contribution in [0.1, 0.15) is 23.2 Å². The molecule has 0 aromatic heterocycles. The maximum Gasteiger partial charge on any atom is 0.348 e. The largest absolute Gasteiger partial charge is 0.469 e. The number of carbonyl (C=O) groups is 1. The Labute approximate surface area is 84.8 Å². The van der Waals surface area contributed by atoms with Crippen LogP contribution in [0.15, 0.2) is 32.2 Å². The molecule has 1 fully saturated rings. The summed E-state index contributed by atoms with van der Waals surface area (Å²) in [5.74, 6) is 0.270. The number of hydrogen-bond donors (Lipinski definition) is 0. The van der Waals surface area contributed by atoms with Crippen molar-refractivity contribution in [3.8, 4) is 11.3 Å². The Hall–Kier alpha value is -1.84. The van der Waals surface area contributed by atoms with E-state index in [-0.39, 0.29) is 17.3 Å². The van der Waals surface area contributed by atoms with Crippen LogP contribution in [0.3, 0.4) is 0 Å². The van der Waals surface area contributed by atoms with Gasteiger partial charge in [0, 0.05) is 11.5 Å². The summed E-state index contributed by atoms with van der Waals surface area (Å²) in [5, 5.41) is 0. The minimum atomic E-state index is -0.552. The zero-order valence-corrected chi connectivity index (χ0v) is 7.86. The smallest absolute Gasteiger partial charge is 0.348 e. The van der Waals surface area contributed by atoms with E-state index in [0.717, 1.165) is 12.8 Å². The summed E-state index contributed by atoms with van der Waals surface area (Å²) in [6.45, 7) is 0. The third-order valence-corrected chi connectivity index (χ3v) is 2.62. The van der Waals surface area contributed by atoms with Crippen LogP contribution >= 0.6 is 0 Å². The van der Waals surface area contributed by atoms with E-state index in [4.69, 9.17) is 8.83 Å². The van der Waals surface area contributed by atoms with E-state index in [1.807, 2.05) is 0 Å². The van der Waals surface area contributed by atoms with E-state index in [9.17, 15) is 9.59 Å². The fourth-order valence-corrected chi connectivity index (χ4v) is 1.68. The standard InChI is InChI=1S/C11H8O4/c12-10(6-1-2-6)9-7-3-4-14-5-8(7)15-11(9)13/h3-6H,1-2H2. The molecule has 0 N–H and O–H groups in total. The van der Waals surface area contributed by atoms with E-state index in [2.05, 4.69) is 0 Å². The van der Waals surface area contributed by atoms with Crippen molar-refractivity contribution in [1.82, 2.24) is 0 Å². The van der Waals surface area contributed by atoms with Crippen LogP contribution in [0.2, 0.25) is 0 Å². The molecule has 1 aliphatic carbocycles. The molecular formula is C11H8O4. The highest BCUT2D eigenvalue weighted by Crippen LogP contribution is 2.35. The van der Waals surface area contributed by atoms with Crippen LogP contribution in [-0.2, 0) is 0 Å². The molecule has 76 valence electrons. The lowest BCUT2D eigenvalue weighted by Gasteiger charge is -1.96. The third-order valence-electron chi connectivity index (χ3n) is 2.62. The number of Topliss-reactive ketones (excluding diaryl/α,β-unsaturated/α-hetero) is 1. The second kappa shape index (κ2) is 2.82. The Morgan fingerprint density at radius 2 is 2.20 bits per heavy atom. The summed E-state index contributed by atoms with van der Waals surface area (Å²) in [5.41, 5.74) is 0.190. The van der Waals surface area contributed by atoms with Gasteiger partial charge in [-0.05, 0) is 18.9 Å². The number of furan rings is 1. The Bertz CT molecular complexity index is 544. The van der Waals surface area contributed by atoms with Gasteiger partial charge in [0.15, 0.2) is 11.5 Å². The van der Waals surface area contributed by atoms with Crippen molar-refractivity contribution < 1.29 is 13.6 Å². The van der Waals surface area contributed by atoms with Crippen LogP contribution in [0.5, 0.6) is 0 Å². The molecule has 0 spiro atoms. The SMILES string of the molecule is O=C(c1c2ccocc-2oc1=O)C1CC1. The molecule has 3 rings (SSSR count). The van der Waals surface area contributed by atoms with Gasteiger partial charge in [0.1, 0.15) is 11.8 Å². The van der Waals surface area contributed by atoms with Crippen molar-refractivity contribution >= 4 is 5.78 Å². The lowest BCUT2D eigenvalue weighted by Crippen LogP contribution is -2.11. The average molecular weight is 204 g/mol. The van der Waals surface area contributed by atoms with Crippen LogP contribution in [0.4, 0.5) is 0 Å². The van der Waals surface area contributed by atoms with Gasteiger partial charge >= 0.3 is 5.63 Å². The molecule has 0 aromatic carbocycles. The molecule has 0 atom stereocenters. The zero-order valence-electron chi connectivity index (χ0n) is 7.86. The molecule has 3 aliphatic rings. The van der Waals surface area contributed by atoms with E-state index < -0.39 is 5.63 Å². The van der Waals surface area contributed by atoms with Crippen molar-refractivity contribution in [2.24, 2.45) is 5.92 Å². The molecule has 15 heavy (non-hydrogen) atoms. The van der Waals surface area contributed by atoms with E-state index in [1.54, 1.807) is 6.07 Å². The third kappa shape index (κ3) is 1.21. The number of hydrogen-bond acceptors (Lipinski definition) is 4. The number of fused-ring (bicyclic) bond motifs is 1. The van der Waals surface area contributed by atoms with Gasteiger partial charge in [0.2, 0.25) is 0 Å². The highest BCUT2D eigenvalue weighted by molar-refractivity contribution is 6.04. The van der Waals surface area contributed by atoms with Gasteiger partial charge in [-0.3, -0.25) is 4.79 Å². The molecule has 0 saturated heterocycles. The van der Waals surface area contributed by atoms with Crippen molar-refractivity contribution in [1.29, 1.82) is 0 Å². The Kier molecular flexibility index (Phi) is 1.59. The van der Waals surface area contributed by atoms with Crippen molar-refractivity contribution in [2.45, 2.75) is 12.8 Å². The molecule has 0 unspecified atom stereocenters. The maximum absolute atomic E-state index is 11.8. The summed E-state index contributed by atoms with van der Waals surface area (Å²) >= 11 is 0. The predicted molar refractivity (Wildman–Crippen MR) is 50.9 cm³/mol. The first-order valence-electron chi connectivity index (χ1n) is 4.80. The summed E-state index contributed by atoms with van der Waals surface area (Å²) in [6, 6.07) is 1.59. The van der Waals surface area contributed by atoms with Gasteiger partial charge in [-0.2, -0.15) is 0 Å². The fourth-order valence-electron chi connectivity index (χ4n) is 1.68. The quantitative estimate of drug-likeness (QED) is 0.701. The summed E-state index contributed by atoms with van der Waals surface area (Å²) in [6.07, 6.45) is 4.52. The van der Waals surface area contributed by atoms with Crippen molar-refractivity contribution in [3.63, 3.8) is 0 Å². The lowest BCUT2D eigenvalue weighted by atomic mass is 10.0. The first-order chi connectivity index (χ1) is 7.27. The van der Waals surface area contributed by atoms with Crippen LogP contribution in [0.25, 0.3) is 11.3 Å². The van der Waals surface area contributed by atoms with Crippen molar-refractivity contribution in [2.75, 3.05) is 0 Å².